The van der Waals surface area contributed by atoms with Crippen molar-refractivity contribution in [3.05, 3.63) is 29.8 Å². The first-order chi connectivity index (χ1) is 9.65. The number of hydrogen-bond donors (Lipinski definition) is 1. The predicted octanol–water partition coefficient (Wildman–Crippen LogP) is 2.48. The molecule has 4 heteroatoms. The zero-order valence-electron chi connectivity index (χ0n) is 12.3. The molecule has 1 aliphatic carbocycles. The zero-order valence-corrected chi connectivity index (χ0v) is 12.3. The van der Waals surface area contributed by atoms with Crippen LogP contribution in [0.4, 0.5) is 0 Å². The molecule has 2 N–H and O–H groups in total. The standard InChI is InChI=1S/C16H23N3O/c1-16(12-6-5-9-14(10-12)20-2)11-18-15(17)19(16)13-7-3-4-8-13/h5-6,9-10,13H,3-4,7-8,11H2,1-2H3,(H2,17,18). The van der Waals surface area contributed by atoms with E-state index in [4.69, 9.17) is 10.5 Å². The number of nitrogens with two attached hydrogens (primary N) is 1. The molecule has 1 saturated carbocycles. The molecule has 1 aromatic carbocycles. The lowest BCUT2D eigenvalue weighted by Gasteiger charge is -2.41. The Kier molecular flexibility index (Phi) is 3.32. The van der Waals surface area contributed by atoms with Gasteiger partial charge in [0.05, 0.1) is 19.2 Å². The number of rotatable bonds is 3. The second-order valence-corrected chi connectivity index (χ2v) is 5.99. The maximum absolute atomic E-state index is 6.19. The predicted molar refractivity (Wildman–Crippen MR) is 80.9 cm³/mol. The van der Waals surface area contributed by atoms with Crippen molar-refractivity contribution in [2.45, 2.75) is 44.2 Å². The Morgan fingerprint density at radius 3 is 2.80 bits per heavy atom. The topological polar surface area (TPSA) is 50.9 Å². The van der Waals surface area contributed by atoms with Crippen LogP contribution in [0.15, 0.2) is 29.3 Å². The fourth-order valence-corrected chi connectivity index (χ4v) is 3.58. The van der Waals surface area contributed by atoms with E-state index in [-0.39, 0.29) is 5.54 Å². The van der Waals surface area contributed by atoms with Crippen LogP contribution in [0.3, 0.4) is 0 Å². The molecule has 4 nitrogen and oxygen atoms in total. The summed E-state index contributed by atoms with van der Waals surface area (Å²) in [6.45, 7) is 2.96. The van der Waals surface area contributed by atoms with Crippen molar-refractivity contribution in [3.63, 3.8) is 0 Å². The number of methoxy groups -OCH3 is 1. The summed E-state index contributed by atoms with van der Waals surface area (Å²) in [6.07, 6.45) is 5.02. The summed E-state index contributed by atoms with van der Waals surface area (Å²) in [5.74, 6) is 1.59. The van der Waals surface area contributed by atoms with Crippen LogP contribution in [0.1, 0.15) is 38.2 Å². The van der Waals surface area contributed by atoms with Gasteiger partial charge in [0.1, 0.15) is 5.75 Å². The van der Waals surface area contributed by atoms with E-state index in [1.165, 1.54) is 31.2 Å². The van der Waals surface area contributed by atoms with Gasteiger partial charge in [-0.15, -0.1) is 0 Å². The van der Waals surface area contributed by atoms with E-state index >= 15 is 0 Å². The molecule has 3 rings (SSSR count). The molecule has 0 amide bonds. The molecule has 1 fully saturated rings. The quantitative estimate of drug-likeness (QED) is 0.920. The molecular formula is C16H23N3O. The highest BCUT2D eigenvalue weighted by Crippen LogP contribution is 2.39. The highest BCUT2D eigenvalue weighted by Gasteiger charge is 2.43. The van der Waals surface area contributed by atoms with E-state index in [0.717, 1.165) is 12.3 Å². The second kappa shape index (κ2) is 5.00. The minimum atomic E-state index is -0.145. The first-order valence-electron chi connectivity index (χ1n) is 7.39. The molecule has 0 aromatic heterocycles. The fourth-order valence-electron chi connectivity index (χ4n) is 3.58. The van der Waals surface area contributed by atoms with E-state index in [1.807, 2.05) is 12.1 Å². The van der Waals surface area contributed by atoms with Crippen LogP contribution < -0.4 is 10.5 Å². The molecule has 0 spiro atoms. The Labute approximate surface area is 120 Å². The van der Waals surface area contributed by atoms with E-state index in [2.05, 4.69) is 28.9 Å². The van der Waals surface area contributed by atoms with E-state index in [1.54, 1.807) is 7.11 Å². The Morgan fingerprint density at radius 2 is 2.10 bits per heavy atom. The van der Waals surface area contributed by atoms with Gasteiger partial charge in [-0.25, -0.2) is 0 Å². The lowest BCUT2D eigenvalue weighted by atomic mass is 9.89. The van der Waals surface area contributed by atoms with Gasteiger partial charge in [0.25, 0.3) is 0 Å². The lowest BCUT2D eigenvalue weighted by molar-refractivity contribution is 0.167. The van der Waals surface area contributed by atoms with Gasteiger partial charge in [0, 0.05) is 6.04 Å². The highest BCUT2D eigenvalue weighted by molar-refractivity contribution is 5.81. The van der Waals surface area contributed by atoms with Gasteiger partial charge < -0.3 is 15.4 Å². The number of hydrogen-bond acceptors (Lipinski definition) is 4. The minimum Gasteiger partial charge on any atom is -0.497 e. The number of nitrogens with zero attached hydrogens (tertiary/aromatic N) is 2. The lowest BCUT2D eigenvalue weighted by Crippen LogP contribution is -2.52. The number of aliphatic imine (C=N–C) groups is 1. The largest absolute Gasteiger partial charge is 0.497 e. The molecule has 1 atom stereocenters. The van der Waals surface area contributed by atoms with Crippen LogP contribution in [0.2, 0.25) is 0 Å². The highest BCUT2D eigenvalue weighted by atomic mass is 16.5. The molecule has 2 aliphatic rings. The molecule has 0 saturated heterocycles. The van der Waals surface area contributed by atoms with Crippen LogP contribution in [0, 0.1) is 0 Å². The van der Waals surface area contributed by atoms with Crippen molar-refractivity contribution in [2.75, 3.05) is 13.7 Å². The van der Waals surface area contributed by atoms with E-state index in [0.29, 0.717) is 12.0 Å². The van der Waals surface area contributed by atoms with Crippen molar-refractivity contribution >= 4 is 5.96 Å². The third-order valence-electron chi connectivity index (χ3n) is 4.71. The molecule has 0 radical (unpaired) electrons. The second-order valence-electron chi connectivity index (χ2n) is 5.99. The number of guanidine groups is 1. The summed E-state index contributed by atoms with van der Waals surface area (Å²) in [6, 6.07) is 8.80. The maximum Gasteiger partial charge on any atom is 0.192 e. The molecule has 0 bridgehead atoms. The van der Waals surface area contributed by atoms with Crippen LogP contribution in [0.25, 0.3) is 0 Å². The van der Waals surface area contributed by atoms with Gasteiger partial charge in [-0.05, 0) is 37.5 Å². The molecular weight excluding hydrogens is 250 g/mol. The Bertz CT molecular complexity index is 522. The molecule has 1 unspecified atom stereocenters. The maximum atomic E-state index is 6.19. The molecule has 1 aliphatic heterocycles. The molecule has 1 heterocycles. The van der Waals surface area contributed by atoms with Gasteiger partial charge in [-0.2, -0.15) is 0 Å². The Morgan fingerprint density at radius 1 is 1.35 bits per heavy atom. The average Bonchev–Trinajstić information content (AvgIpc) is 3.08. The normalized spacial score (nSPS) is 26.9. The molecule has 1 aromatic rings. The number of ether oxygens (including phenoxy) is 1. The van der Waals surface area contributed by atoms with Gasteiger partial charge in [-0.1, -0.05) is 25.0 Å². The van der Waals surface area contributed by atoms with Crippen molar-refractivity contribution in [3.8, 4) is 5.75 Å². The van der Waals surface area contributed by atoms with Gasteiger partial charge >= 0.3 is 0 Å². The van der Waals surface area contributed by atoms with Crippen LogP contribution in [-0.4, -0.2) is 30.6 Å². The summed E-state index contributed by atoms with van der Waals surface area (Å²) >= 11 is 0. The van der Waals surface area contributed by atoms with Crippen LogP contribution >= 0.6 is 0 Å². The van der Waals surface area contributed by atoms with Gasteiger partial charge in [0.15, 0.2) is 5.96 Å². The van der Waals surface area contributed by atoms with Crippen molar-refractivity contribution in [1.29, 1.82) is 0 Å². The van der Waals surface area contributed by atoms with E-state index < -0.39 is 0 Å². The summed E-state index contributed by atoms with van der Waals surface area (Å²) in [7, 11) is 1.70. The van der Waals surface area contributed by atoms with Gasteiger partial charge in [-0.3, -0.25) is 4.99 Å². The Hall–Kier alpha value is -1.71. The zero-order chi connectivity index (χ0) is 14.2. The summed E-state index contributed by atoms with van der Waals surface area (Å²) in [5.41, 5.74) is 7.27. The average molecular weight is 273 g/mol. The third-order valence-corrected chi connectivity index (χ3v) is 4.71. The van der Waals surface area contributed by atoms with Crippen LogP contribution in [0.5, 0.6) is 5.75 Å². The first-order valence-corrected chi connectivity index (χ1v) is 7.39. The van der Waals surface area contributed by atoms with Crippen LogP contribution in [-0.2, 0) is 5.54 Å². The van der Waals surface area contributed by atoms with Gasteiger partial charge in [0.2, 0.25) is 0 Å². The Balaban J connectivity index is 1.96. The van der Waals surface area contributed by atoms with Crippen molar-refractivity contribution in [2.24, 2.45) is 10.7 Å². The summed E-state index contributed by atoms with van der Waals surface area (Å²) < 4.78 is 5.36. The first kappa shape index (κ1) is 13.3. The fraction of sp³-hybridized carbons (Fsp3) is 0.562. The minimum absolute atomic E-state index is 0.145. The molecule has 108 valence electrons. The summed E-state index contributed by atoms with van der Waals surface area (Å²) in [4.78, 5) is 6.87. The van der Waals surface area contributed by atoms with E-state index in [9.17, 15) is 0 Å². The van der Waals surface area contributed by atoms with Crippen molar-refractivity contribution < 1.29 is 4.74 Å². The molecule has 20 heavy (non-hydrogen) atoms. The third kappa shape index (κ3) is 2.03. The monoisotopic (exact) mass is 273 g/mol. The summed E-state index contributed by atoms with van der Waals surface area (Å²) in [5, 5.41) is 0. The SMILES string of the molecule is COc1cccc(C2(C)CN=C(N)N2C2CCCC2)c1. The van der Waals surface area contributed by atoms with Crippen molar-refractivity contribution in [1.82, 2.24) is 4.90 Å². The smallest absolute Gasteiger partial charge is 0.192 e. The number of benzene rings is 1.